The van der Waals surface area contributed by atoms with Crippen LogP contribution in [0.5, 0.6) is 0 Å². The maximum absolute atomic E-state index is 10.6. The van der Waals surface area contributed by atoms with E-state index in [2.05, 4.69) is 6.92 Å². The first kappa shape index (κ1) is 14.0. The molecule has 0 radical (unpaired) electrons. The lowest BCUT2D eigenvalue weighted by molar-refractivity contribution is -0.174. The molecular weight excluding hydrogens is 308 g/mol. The second-order valence-corrected chi connectivity index (χ2v) is 11.0. The van der Waals surface area contributed by atoms with Crippen LogP contribution in [-0.4, -0.2) is 23.9 Å². The number of hydrogen-bond acceptors (Lipinski definition) is 2. The molecule has 0 amide bonds. The molecule has 2 heteroatoms. The minimum atomic E-state index is -1.91. The molecule has 0 aromatic rings. The van der Waals surface area contributed by atoms with E-state index >= 15 is 0 Å². The van der Waals surface area contributed by atoms with Gasteiger partial charge in [-0.3, -0.25) is 0 Å². The van der Waals surface area contributed by atoms with E-state index in [4.69, 9.17) is 8.85 Å². The molecule has 5 rings (SSSR count). The molecule has 142 valence electrons. The Bertz CT molecular complexity index is 626. The van der Waals surface area contributed by atoms with Crippen LogP contribution in [0, 0.1) is 46.3 Å². The summed E-state index contributed by atoms with van der Waals surface area (Å²) in [5.41, 5.74) is -0.873. The zero-order valence-corrected chi connectivity index (χ0v) is 16.1. The predicted molar refractivity (Wildman–Crippen MR) is 100 cm³/mol. The Morgan fingerprint density at radius 3 is 2.44 bits per heavy atom. The first-order chi connectivity index (χ1) is 13.1. The Kier molecular flexibility index (Phi) is 3.06. The molecule has 0 aromatic carbocycles. The summed E-state index contributed by atoms with van der Waals surface area (Å²) in [6.07, 6.45) is 10.5. The molecule has 1 aliphatic heterocycles. The van der Waals surface area contributed by atoms with Gasteiger partial charge in [0.15, 0.2) is 0 Å². The Morgan fingerprint density at radius 2 is 1.72 bits per heavy atom. The van der Waals surface area contributed by atoms with Crippen LogP contribution in [0.3, 0.4) is 0 Å². The molecular formula is C23H38O2. The molecule has 5 aliphatic rings. The first-order valence-electron chi connectivity index (χ1n) is 12.4. The highest BCUT2D eigenvalue weighted by Crippen LogP contribution is 2.67. The fourth-order valence-corrected chi connectivity index (χ4v) is 8.51. The van der Waals surface area contributed by atoms with E-state index in [0.29, 0.717) is 25.0 Å². The van der Waals surface area contributed by atoms with Gasteiger partial charge < -0.3 is 9.84 Å². The molecule has 4 aliphatic carbocycles. The van der Waals surface area contributed by atoms with Gasteiger partial charge in [0.25, 0.3) is 0 Å². The van der Waals surface area contributed by atoms with Gasteiger partial charge in [0.2, 0.25) is 0 Å². The predicted octanol–water partition coefficient (Wildman–Crippen LogP) is 5.04. The molecule has 0 bridgehead atoms. The molecule has 1 saturated heterocycles. The van der Waals surface area contributed by atoms with Crippen LogP contribution in [0.1, 0.15) is 82.6 Å². The molecule has 5 fully saturated rings. The van der Waals surface area contributed by atoms with Crippen molar-refractivity contribution in [3.8, 4) is 0 Å². The number of rotatable bonds is 1. The standard InChI is InChI=1S/C23H38O2/c1-21(13-25-14-21)20-7-6-19-18-5-4-15-12-22(2,24)10-8-16(15)17(18)9-11-23(19,20)3/h15-20,24H,4-14H2,1-3H3/t15-,16+,17-,18-,19+,20-,22-,23+/m1/s1/i1D3. The van der Waals surface area contributed by atoms with E-state index in [1.807, 2.05) is 6.92 Å². The van der Waals surface area contributed by atoms with Crippen molar-refractivity contribution in [1.29, 1.82) is 0 Å². The Hall–Kier alpha value is -0.0800. The summed E-state index contributed by atoms with van der Waals surface area (Å²) in [5.74, 6) is 4.08. The smallest absolute Gasteiger partial charge is 0.0622 e. The van der Waals surface area contributed by atoms with Gasteiger partial charge in [-0.05, 0) is 106 Å². The molecule has 0 spiro atoms. The topological polar surface area (TPSA) is 29.5 Å². The van der Waals surface area contributed by atoms with Crippen LogP contribution in [0.2, 0.25) is 0 Å². The summed E-state index contributed by atoms with van der Waals surface area (Å²) in [5, 5.41) is 10.6. The minimum Gasteiger partial charge on any atom is -0.390 e. The van der Waals surface area contributed by atoms with E-state index in [1.54, 1.807) is 0 Å². The Morgan fingerprint density at radius 1 is 0.920 bits per heavy atom. The number of aliphatic hydroxyl groups is 1. The van der Waals surface area contributed by atoms with E-state index in [9.17, 15) is 5.11 Å². The summed E-state index contributed by atoms with van der Waals surface area (Å²) in [7, 11) is 0. The summed E-state index contributed by atoms with van der Waals surface area (Å²) in [6, 6.07) is 0. The van der Waals surface area contributed by atoms with Gasteiger partial charge in [-0.1, -0.05) is 13.8 Å². The van der Waals surface area contributed by atoms with E-state index < -0.39 is 17.9 Å². The largest absolute Gasteiger partial charge is 0.390 e. The highest BCUT2D eigenvalue weighted by molar-refractivity contribution is 5.10. The van der Waals surface area contributed by atoms with Gasteiger partial charge in [0.05, 0.1) is 18.8 Å². The van der Waals surface area contributed by atoms with Crippen molar-refractivity contribution in [2.45, 2.75) is 84.1 Å². The lowest BCUT2D eigenvalue weighted by Crippen LogP contribution is -2.55. The molecule has 25 heavy (non-hydrogen) atoms. The second-order valence-electron chi connectivity index (χ2n) is 11.0. The van der Waals surface area contributed by atoms with Gasteiger partial charge >= 0.3 is 0 Å². The van der Waals surface area contributed by atoms with Gasteiger partial charge in [-0.2, -0.15) is 0 Å². The van der Waals surface area contributed by atoms with Crippen LogP contribution in [0.4, 0.5) is 0 Å². The van der Waals surface area contributed by atoms with Gasteiger partial charge in [0.1, 0.15) is 0 Å². The van der Waals surface area contributed by atoms with Crippen molar-refractivity contribution in [2.75, 3.05) is 13.2 Å². The molecule has 8 atom stereocenters. The molecule has 2 nitrogen and oxygen atoms in total. The van der Waals surface area contributed by atoms with Crippen molar-refractivity contribution in [2.24, 2.45) is 46.3 Å². The monoisotopic (exact) mass is 349 g/mol. The number of ether oxygens (including phenoxy) is 1. The summed E-state index contributed by atoms with van der Waals surface area (Å²) >= 11 is 0. The minimum absolute atomic E-state index is 0.173. The third-order valence-corrected chi connectivity index (χ3v) is 9.62. The lowest BCUT2D eigenvalue weighted by atomic mass is 9.47. The van der Waals surface area contributed by atoms with Crippen LogP contribution in [0.25, 0.3) is 0 Å². The maximum Gasteiger partial charge on any atom is 0.0622 e. The van der Waals surface area contributed by atoms with Crippen molar-refractivity contribution >= 4 is 0 Å². The molecule has 1 N–H and O–H groups in total. The number of hydrogen-bond donors (Lipinski definition) is 1. The highest BCUT2D eigenvalue weighted by Gasteiger charge is 2.61. The van der Waals surface area contributed by atoms with Gasteiger partial charge in [0, 0.05) is 9.53 Å². The third-order valence-electron chi connectivity index (χ3n) is 9.62. The molecule has 1 heterocycles. The van der Waals surface area contributed by atoms with Crippen molar-refractivity contribution in [3.63, 3.8) is 0 Å². The van der Waals surface area contributed by atoms with E-state index in [1.165, 1.54) is 38.5 Å². The molecule has 0 aromatic heterocycles. The van der Waals surface area contributed by atoms with Crippen molar-refractivity contribution in [1.82, 2.24) is 0 Å². The van der Waals surface area contributed by atoms with E-state index in [-0.39, 0.29) is 11.3 Å². The fourth-order valence-electron chi connectivity index (χ4n) is 8.51. The van der Waals surface area contributed by atoms with Crippen LogP contribution in [-0.2, 0) is 4.74 Å². The van der Waals surface area contributed by atoms with Crippen LogP contribution < -0.4 is 0 Å². The quantitative estimate of drug-likeness (QED) is 0.718. The average molecular weight is 350 g/mol. The highest BCUT2D eigenvalue weighted by atomic mass is 16.5. The summed E-state index contributed by atoms with van der Waals surface area (Å²) < 4.78 is 30.3. The van der Waals surface area contributed by atoms with Gasteiger partial charge in [-0.15, -0.1) is 0 Å². The lowest BCUT2D eigenvalue weighted by Gasteiger charge is -2.59. The van der Waals surface area contributed by atoms with Gasteiger partial charge in [-0.25, -0.2) is 0 Å². The van der Waals surface area contributed by atoms with Crippen LogP contribution in [0.15, 0.2) is 0 Å². The Labute approximate surface area is 158 Å². The van der Waals surface area contributed by atoms with Crippen molar-refractivity contribution < 1.29 is 14.0 Å². The maximum atomic E-state index is 10.6. The van der Waals surface area contributed by atoms with Crippen molar-refractivity contribution in [3.05, 3.63) is 0 Å². The first-order valence-corrected chi connectivity index (χ1v) is 10.9. The second kappa shape index (κ2) is 5.47. The zero-order chi connectivity index (χ0) is 19.9. The summed E-state index contributed by atoms with van der Waals surface area (Å²) in [6.45, 7) is 3.44. The van der Waals surface area contributed by atoms with E-state index in [0.717, 1.165) is 37.0 Å². The SMILES string of the molecule is [2H]C([2H])([2H])C1([C@H]2CC[C@H]3[C@@H]4CC[C@@H]5C[C@](C)(O)CC[C@@H]5[C@H]4CC[C@]23C)COC1. The fraction of sp³-hybridized carbons (Fsp3) is 1.00. The number of fused-ring (bicyclic) bond motifs is 5. The normalized spacial score (nSPS) is 59.4. The Balaban J connectivity index is 1.39. The zero-order valence-electron chi connectivity index (χ0n) is 19.1. The third kappa shape index (κ3) is 2.42. The average Bonchev–Trinajstić information content (AvgIpc) is 2.89. The summed E-state index contributed by atoms with van der Waals surface area (Å²) in [4.78, 5) is 0. The molecule has 0 unspecified atom stereocenters. The molecule has 4 saturated carbocycles. The van der Waals surface area contributed by atoms with Crippen LogP contribution >= 0.6 is 0 Å².